The minimum atomic E-state index is -4.34. The van der Waals surface area contributed by atoms with Crippen LogP contribution in [0.1, 0.15) is 36.1 Å². The van der Waals surface area contributed by atoms with E-state index < -0.39 is 23.8 Å². The van der Waals surface area contributed by atoms with Gasteiger partial charge in [0, 0.05) is 22.0 Å². The Morgan fingerprint density at radius 3 is 2.17 bits per heavy atom. The molecule has 0 bridgehead atoms. The first-order chi connectivity index (χ1) is 16.6. The number of anilines is 1. The number of esters is 1. The number of carbonyl (C=O) groups is 1. The van der Waals surface area contributed by atoms with Crippen molar-refractivity contribution in [1.82, 2.24) is 0 Å². The first-order valence-corrected chi connectivity index (χ1v) is 12.0. The van der Waals surface area contributed by atoms with Gasteiger partial charge in [-0.1, -0.05) is 23.9 Å². The van der Waals surface area contributed by atoms with Crippen LogP contribution in [0.5, 0.6) is 5.75 Å². The van der Waals surface area contributed by atoms with Gasteiger partial charge >= 0.3 is 12.1 Å². The zero-order chi connectivity index (χ0) is 25.6. The van der Waals surface area contributed by atoms with Gasteiger partial charge in [0.2, 0.25) is 0 Å². The van der Waals surface area contributed by atoms with Gasteiger partial charge < -0.3 is 14.8 Å². The highest BCUT2D eigenvalue weighted by Crippen LogP contribution is 2.35. The van der Waals surface area contributed by atoms with Crippen LogP contribution in [0, 0.1) is 13.8 Å². The summed E-state index contributed by atoms with van der Waals surface area (Å²) in [5.74, 6) is 0.209. The second kappa shape index (κ2) is 11.5. The molecule has 1 unspecified atom stereocenters. The predicted molar refractivity (Wildman–Crippen MR) is 132 cm³/mol. The number of rotatable bonds is 9. The summed E-state index contributed by atoms with van der Waals surface area (Å²) in [5, 5.41) is 3.16. The summed E-state index contributed by atoms with van der Waals surface area (Å²) in [5.41, 5.74) is 3.11. The Morgan fingerprint density at radius 2 is 1.60 bits per heavy atom. The maximum atomic E-state index is 12.7. The minimum absolute atomic E-state index is 0.310. The molecule has 8 heteroatoms. The average Bonchev–Trinajstić information content (AvgIpc) is 2.80. The number of hydrogen-bond donors (Lipinski definition) is 1. The zero-order valence-corrected chi connectivity index (χ0v) is 20.8. The highest BCUT2D eigenvalue weighted by Gasteiger charge is 2.29. The zero-order valence-electron chi connectivity index (χ0n) is 20.0. The van der Waals surface area contributed by atoms with Crippen molar-refractivity contribution in [3.05, 3.63) is 82.9 Å². The molecule has 0 aliphatic carbocycles. The van der Waals surface area contributed by atoms with Gasteiger partial charge in [0.05, 0.1) is 12.2 Å². The monoisotopic (exact) mass is 503 g/mol. The van der Waals surface area contributed by atoms with Crippen LogP contribution in [0.2, 0.25) is 0 Å². The lowest BCUT2D eigenvalue weighted by Gasteiger charge is -2.15. The van der Waals surface area contributed by atoms with Crippen molar-refractivity contribution in [3.8, 4) is 5.75 Å². The molecule has 186 valence electrons. The lowest BCUT2D eigenvalue weighted by molar-refractivity contribution is -0.150. The Balaban J connectivity index is 1.61. The Morgan fingerprint density at radius 1 is 0.971 bits per heavy atom. The van der Waals surface area contributed by atoms with Crippen LogP contribution in [0.4, 0.5) is 18.9 Å². The molecule has 0 aliphatic rings. The first kappa shape index (κ1) is 26.5. The Labute approximate surface area is 207 Å². The fraction of sp³-hybridized carbons (Fsp3) is 0.296. The largest absolute Gasteiger partial charge is 0.479 e. The van der Waals surface area contributed by atoms with Crippen LogP contribution >= 0.6 is 11.8 Å². The fourth-order valence-corrected chi connectivity index (χ4v) is 4.31. The third kappa shape index (κ3) is 7.42. The van der Waals surface area contributed by atoms with Crippen LogP contribution in [0.3, 0.4) is 0 Å². The van der Waals surface area contributed by atoms with Crippen molar-refractivity contribution in [2.75, 3.05) is 11.9 Å². The number of alkyl halides is 3. The van der Waals surface area contributed by atoms with Gasteiger partial charge in [0.15, 0.2) is 6.10 Å². The molecule has 3 rings (SSSR count). The molecule has 4 nitrogen and oxygen atoms in total. The summed E-state index contributed by atoms with van der Waals surface area (Å²) in [6, 6.07) is 16.8. The highest BCUT2D eigenvalue weighted by molar-refractivity contribution is 7.99. The lowest BCUT2D eigenvalue weighted by atomic mass is 10.1. The van der Waals surface area contributed by atoms with E-state index in [1.807, 2.05) is 44.2 Å². The van der Waals surface area contributed by atoms with E-state index >= 15 is 0 Å². The quantitative estimate of drug-likeness (QED) is 0.308. The van der Waals surface area contributed by atoms with E-state index in [2.05, 4.69) is 11.4 Å². The number of carbonyl (C=O) groups excluding carboxylic acids is 1. The molecule has 1 N–H and O–H groups in total. The maximum Gasteiger partial charge on any atom is 0.416 e. The number of ether oxygens (including phenoxy) is 2. The predicted octanol–water partition coefficient (Wildman–Crippen LogP) is 7.42. The van der Waals surface area contributed by atoms with Gasteiger partial charge in [0.25, 0.3) is 0 Å². The molecular formula is C27H28F3NO3S. The number of nitrogens with one attached hydrogen (secondary N) is 1. The van der Waals surface area contributed by atoms with Crippen molar-refractivity contribution < 1.29 is 27.4 Å². The summed E-state index contributed by atoms with van der Waals surface area (Å²) < 4.78 is 48.8. The number of hydrogen-bond acceptors (Lipinski definition) is 5. The van der Waals surface area contributed by atoms with Crippen molar-refractivity contribution in [2.45, 2.75) is 56.3 Å². The molecule has 3 aromatic carbocycles. The lowest BCUT2D eigenvalue weighted by Crippen LogP contribution is -2.26. The standard InChI is InChI=1S/C27H28F3NO3S/c1-5-33-26(32)19(4)34-23-11-13-25(18(3)15-23)35-24-12-6-20(14-17(24)2)16-31-22-9-7-21(8-10-22)27(28,29)30/h6-15,19,31H,5,16H2,1-4H3. The SMILES string of the molecule is CCOC(=O)C(C)Oc1ccc(Sc2ccc(CNc3ccc(C(F)(F)F)cc3)cc2C)c(C)c1. The molecule has 0 heterocycles. The van der Waals surface area contributed by atoms with Crippen molar-refractivity contribution in [1.29, 1.82) is 0 Å². The Kier molecular flexibility index (Phi) is 8.72. The molecule has 0 spiro atoms. The molecule has 0 saturated carbocycles. The van der Waals surface area contributed by atoms with Crippen molar-refractivity contribution in [2.24, 2.45) is 0 Å². The van der Waals surface area contributed by atoms with Gasteiger partial charge in [0.1, 0.15) is 5.75 Å². The first-order valence-electron chi connectivity index (χ1n) is 11.2. The average molecular weight is 504 g/mol. The summed E-state index contributed by atoms with van der Waals surface area (Å²) in [6.07, 6.45) is -5.02. The third-order valence-corrected chi connectivity index (χ3v) is 6.60. The van der Waals surface area contributed by atoms with Gasteiger partial charge in [-0.3, -0.25) is 0 Å². The summed E-state index contributed by atoms with van der Waals surface area (Å²) in [7, 11) is 0. The molecule has 0 aliphatic heterocycles. The van der Waals surface area contributed by atoms with E-state index in [0.717, 1.165) is 38.6 Å². The van der Waals surface area contributed by atoms with Gasteiger partial charge in [-0.15, -0.1) is 0 Å². The summed E-state index contributed by atoms with van der Waals surface area (Å²) in [6.45, 7) is 8.24. The second-order valence-corrected chi connectivity index (χ2v) is 9.15. The number of aryl methyl sites for hydroxylation is 2. The molecule has 0 saturated heterocycles. The molecule has 0 fully saturated rings. The van der Waals surface area contributed by atoms with E-state index in [1.165, 1.54) is 12.1 Å². The molecule has 3 aromatic rings. The second-order valence-electron chi connectivity index (χ2n) is 8.07. The van der Waals surface area contributed by atoms with Crippen LogP contribution in [0.25, 0.3) is 0 Å². The van der Waals surface area contributed by atoms with E-state index in [9.17, 15) is 18.0 Å². The molecule has 0 aromatic heterocycles. The van der Waals surface area contributed by atoms with Gasteiger partial charge in [-0.2, -0.15) is 13.2 Å². The van der Waals surface area contributed by atoms with Gasteiger partial charge in [-0.25, -0.2) is 4.79 Å². The van der Waals surface area contributed by atoms with E-state index in [4.69, 9.17) is 9.47 Å². The summed E-state index contributed by atoms with van der Waals surface area (Å²) >= 11 is 1.64. The summed E-state index contributed by atoms with van der Waals surface area (Å²) in [4.78, 5) is 14.0. The van der Waals surface area contributed by atoms with Crippen LogP contribution in [-0.2, 0) is 22.3 Å². The van der Waals surface area contributed by atoms with E-state index in [0.29, 0.717) is 24.6 Å². The maximum absolute atomic E-state index is 12.7. The molecule has 35 heavy (non-hydrogen) atoms. The number of benzene rings is 3. The van der Waals surface area contributed by atoms with E-state index in [-0.39, 0.29) is 0 Å². The van der Waals surface area contributed by atoms with Crippen molar-refractivity contribution in [3.63, 3.8) is 0 Å². The molecular weight excluding hydrogens is 475 g/mol. The number of halogens is 3. The fourth-order valence-electron chi connectivity index (χ4n) is 3.36. The van der Waals surface area contributed by atoms with Crippen LogP contribution in [-0.4, -0.2) is 18.7 Å². The van der Waals surface area contributed by atoms with Gasteiger partial charge in [-0.05, 0) is 92.9 Å². The minimum Gasteiger partial charge on any atom is -0.479 e. The van der Waals surface area contributed by atoms with Crippen molar-refractivity contribution >= 4 is 23.4 Å². The Bertz CT molecular complexity index is 1160. The normalized spacial score (nSPS) is 12.2. The Hall–Kier alpha value is -3.13. The molecule has 0 amide bonds. The molecule has 0 radical (unpaired) electrons. The van der Waals surface area contributed by atoms with E-state index in [1.54, 1.807) is 25.6 Å². The van der Waals surface area contributed by atoms with Crippen LogP contribution in [0.15, 0.2) is 70.5 Å². The smallest absolute Gasteiger partial charge is 0.416 e. The highest BCUT2D eigenvalue weighted by atomic mass is 32.2. The van der Waals surface area contributed by atoms with Crippen LogP contribution < -0.4 is 10.1 Å². The topological polar surface area (TPSA) is 47.6 Å². The molecule has 1 atom stereocenters. The third-order valence-electron chi connectivity index (χ3n) is 5.25.